The molecular formula is C24H21N3O4. The number of ether oxygens (including phenoxy) is 3. The second kappa shape index (κ2) is 8.02. The Morgan fingerprint density at radius 3 is 2.87 bits per heavy atom. The maximum Gasteiger partial charge on any atom is 0.265 e. The van der Waals surface area contributed by atoms with Crippen LogP contribution < -0.4 is 19.5 Å². The molecule has 1 atom stereocenters. The van der Waals surface area contributed by atoms with E-state index in [4.69, 9.17) is 14.2 Å². The summed E-state index contributed by atoms with van der Waals surface area (Å²) in [5.74, 6) is 1.65. The molecule has 1 aliphatic rings. The van der Waals surface area contributed by atoms with Crippen molar-refractivity contribution in [1.82, 2.24) is 9.38 Å². The molecule has 7 heteroatoms. The molecular weight excluding hydrogens is 394 g/mol. The van der Waals surface area contributed by atoms with Crippen LogP contribution in [0.25, 0.3) is 5.65 Å². The number of pyridine rings is 1. The zero-order valence-corrected chi connectivity index (χ0v) is 16.9. The Kier molecular flexibility index (Phi) is 4.92. The van der Waals surface area contributed by atoms with Crippen LogP contribution >= 0.6 is 0 Å². The van der Waals surface area contributed by atoms with Crippen LogP contribution in [0.3, 0.4) is 0 Å². The molecule has 7 nitrogen and oxygen atoms in total. The van der Waals surface area contributed by atoms with Gasteiger partial charge in [-0.25, -0.2) is 4.98 Å². The van der Waals surface area contributed by atoms with Crippen molar-refractivity contribution >= 4 is 17.2 Å². The third-order valence-electron chi connectivity index (χ3n) is 5.16. The van der Waals surface area contributed by atoms with Crippen LogP contribution in [-0.4, -0.2) is 28.5 Å². The molecule has 31 heavy (non-hydrogen) atoms. The van der Waals surface area contributed by atoms with Gasteiger partial charge in [0.25, 0.3) is 5.91 Å². The number of benzene rings is 2. The number of fused-ring (bicyclic) bond motifs is 2. The molecule has 2 aromatic heterocycles. The first-order valence-corrected chi connectivity index (χ1v) is 9.98. The van der Waals surface area contributed by atoms with Gasteiger partial charge in [0, 0.05) is 30.6 Å². The number of imidazole rings is 1. The number of aromatic nitrogens is 2. The van der Waals surface area contributed by atoms with E-state index >= 15 is 0 Å². The lowest BCUT2D eigenvalue weighted by atomic mass is 10.1. The van der Waals surface area contributed by atoms with Crippen LogP contribution in [0.4, 0.5) is 5.69 Å². The number of nitrogens with zero attached hydrogens (tertiary/aromatic N) is 2. The first-order chi connectivity index (χ1) is 15.2. The van der Waals surface area contributed by atoms with Crippen LogP contribution in [0, 0.1) is 0 Å². The van der Waals surface area contributed by atoms with Crippen LogP contribution in [0.15, 0.2) is 73.1 Å². The van der Waals surface area contributed by atoms with Crippen molar-refractivity contribution in [3.63, 3.8) is 0 Å². The Morgan fingerprint density at radius 2 is 2.03 bits per heavy atom. The van der Waals surface area contributed by atoms with Gasteiger partial charge in [-0.15, -0.1) is 0 Å². The molecule has 1 unspecified atom stereocenters. The highest BCUT2D eigenvalue weighted by Gasteiger charge is 2.29. The lowest BCUT2D eigenvalue weighted by Crippen LogP contribution is -2.31. The highest BCUT2D eigenvalue weighted by atomic mass is 16.5. The highest BCUT2D eigenvalue weighted by molar-refractivity contribution is 5.95. The number of rotatable bonds is 6. The van der Waals surface area contributed by atoms with Gasteiger partial charge in [0.1, 0.15) is 18.0 Å². The standard InChI is InChI=1S/C24H21N3O4/c1-29-20-10-9-17(26-24(28)22-12-16-6-2-3-7-19(16)31-22)13-21(20)30-15-18-14-27-11-5-4-8-23(27)25-18/h2-11,13-14,22H,12,15H2,1H3,(H,26,28). The fraction of sp³-hybridized carbons (Fsp3) is 0.167. The third kappa shape index (κ3) is 3.90. The molecule has 0 saturated heterocycles. The summed E-state index contributed by atoms with van der Waals surface area (Å²) >= 11 is 0. The Bertz CT molecular complexity index is 1190. The topological polar surface area (TPSA) is 74.1 Å². The zero-order chi connectivity index (χ0) is 21.2. The number of hydrogen-bond acceptors (Lipinski definition) is 5. The molecule has 0 fully saturated rings. The molecule has 1 N–H and O–H groups in total. The predicted molar refractivity (Wildman–Crippen MR) is 116 cm³/mol. The zero-order valence-electron chi connectivity index (χ0n) is 16.9. The number of methoxy groups -OCH3 is 1. The first kappa shape index (κ1) is 19.0. The van der Waals surface area contributed by atoms with Crippen LogP contribution in [-0.2, 0) is 17.8 Å². The van der Waals surface area contributed by atoms with E-state index in [9.17, 15) is 4.79 Å². The van der Waals surface area contributed by atoms with Crippen molar-refractivity contribution in [2.75, 3.05) is 12.4 Å². The molecule has 0 saturated carbocycles. The van der Waals surface area contributed by atoms with Gasteiger partial charge >= 0.3 is 0 Å². The Labute approximate surface area is 179 Å². The van der Waals surface area contributed by atoms with Crippen molar-refractivity contribution in [3.8, 4) is 17.2 Å². The van der Waals surface area contributed by atoms with E-state index in [2.05, 4.69) is 10.3 Å². The highest BCUT2D eigenvalue weighted by Crippen LogP contribution is 2.32. The van der Waals surface area contributed by atoms with Gasteiger partial charge in [0.05, 0.1) is 12.8 Å². The Morgan fingerprint density at radius 1 is 1.16 bits per heavy atom. The second-order valence-corrected chi connectivity index (χ2v) is 7.26. The molecule has 2 aromatic carbocycles. The molecule has 5 rings (SSSR count). The lowest BCUT2D eigenvalue weighted by Gasteiger charge is -2.14. The number of para-hydroxylation sites is 1. The minimum Gasteiger partial charge on any atom is -0.493 e. The lowest BCUT2D eigenvalue weighted by molar-refractivity contribution is -0.122. The van der Waals surface area contributed by atoms with Crippen LogP contribution in [0.2, 0.25) is 0 Å². The summed E-state index contributed by atoms with van der Waals surface area (Å²) in [6.45, 7) is 0.274. The maximum absolute atomic E-state index is 12.7. The largest absolute Gasteiger partial charge is 0.493 e. The summed E-state index contributed by atoms with van der Waals surface area (Å²) in [4.78, 5) is 17.2. The van der Waals surface area contributed by atoms with Gasteiger partial charge in [0.15, 0.2) is 17.6 Å². The summed E-state index contributed by atoms with van der Waals surface area (Å²) < 4.78 is 19.1. The van der Waals surface area contributed by atoms with Gasteiger partial charge < -0.3 is 23.9 Å². The van der Waals surface area contributed by atoms with E-state index in [1.165, 1.54) is 0 Å². The Hall–Kier alpha value is -4.00. The van der Waals surface area contributed by atoms with Gasteiger partial charge in [-0.2, -0.15) is 0 Å². The molecule has 0 bridgehead atoms. The molecule has 1 amide bonds. The minimum atomic E-state index is -0.554. The number of carbonyl (C=O) groups excluding carboxylic acids is 1. The molecule has 0 radical (unpaired) electrons. The number of amides is 1. The van der Waals surface area contributed by atoms with E-state index in [0.29, 0.717) is 23.6 Å². The summed E-state index contributed by atoms with van der Waals surface area (Å²) in [6.07, 6.45) is 3.85. The van der Waals surface area contributed by atoms with Crippen LogP contribution in [0.1, 0.15) is 11.3 Å². The number of nitrogens with one attached hydrogen (secondary N) is 1. The number of anilines is 1. The smallest absolute Gasteiger partial charge is 0.265 e. The SMILES string of the molecule is COc1ccc(NC(=O)C2Cc3ccccc3O2)cc1OCc1cn2ccccc2n1. The quantitative estimate of drug-likeness (QED) is 0.518. The van der Waals surface area contributed by atoms with E-state index in [0.717, 1.165) is 22.7 Å². The van der Waals surface area contributed by atoms with Crippen LogP contribution in [0.5, 0.6) is 17.2 Å². The summed E-state index contributed by atoms with van der Waals surface area (Å²) in [5.41, 5.74) is 3.29. The summed E-state index contributed by atoms with van der Waals surface area (Å²) in [5, 5.41) is 2.91. The molecule has 4 aromatic rings. The molecule has 156 valence electrons. The van der Waals surface area contributed by atoms with E-state index in [1.807, 2.05) is 59.3 Å². The molecule has 3 heterocycles. The first-order valence-electron chi connectivity index (χ1n) is 9.98. The van der Waals surface area contributed by atoms with Crippen molar-refractivity contribution in [1.29, 1.82) is 0 Å². The second-order valence-electron chi connectivity index (χ2n) is 7.26. The molecule has 0 aliphatic carbocycles. The predicted octanol–water partition coefficient (Wildman–Crippen LogP) is 3.86. The summed E-state index contributed by atoms with van der Waals surface area (Å²) in [6, 6.07) is 18.8. The van der Waals surface area contributed by atoms with Crippen molar-refractivity contribution < 1.29 is 19.0 Å². The van der Waals surface area contributed by atoms with E-state index < -0.39 is 6.10 Å². The normalized spacial score (nSPS) is 14.7. The van der Waals surface area contributed by atoms with Gasteiger partial charge in [-0.05, 0) is 35.9 Å². The monoisotopic (exact) mass is 415 g/mol. The minimum absolute atomic E-state index is 0.201. The van der Waals surface area contributed by atoms with Gasteiger partial charge in [0.2, 0.25) is 0 Å². The molecule has 1 aliphatic heterocycles. The maximum atomic E-state index is 12.7. The van der Waals surface area contributed by atoms with Crippen molar-refractivity contribution in [2.45, 2.75) is 19.1 Å². The molecule has 0 spiro atoms. The van der Waals surface area contributed by atoms with E-state index in [1.54, 1.807) is 25.3 Å². The fourth-order valence-corrected chi connectivity index (χ4v) is 3.63. The number of carbonyl (C=O) groups is 1. The van der Waals surface area contributed by atoms with Gasteiger partial charge in [-0.3, -0.25) is 4.79 Å². The van der Waals surface area contributed by atoms with Crippen molar-refractivity contribution in [3.05, 3.63) is 84.3 Å². The van der Waals surface area contributed by atoms with Crippen molar-refractivity contribution in [2.24, 2.45) is 0 Å². The fourth-order valence-electron chi connectivity index (χ4n) is 3.63. The average Bonchev–Trinajstić information content (AvgIpc) is 3.41. The average molecular weight is 415 g/mol. The van der Waals surface area contributed by atoms with Gasteiger partial charge in [-0.1, -0.05) is 24.3 Å². The third-order valence-corrected chi connectivity index (χ3v) is 5.16. The Balaban J connectivity index is 1.28. The van der Waals surface area contributed by atoms with E-state index in [-0.39, 0.29) is 12.5 Å². The summed E-state index contributed by atoms with van der Waals surface area (Å²) in [7, 11) is 1.58. The number of hydrogen-bond donors (Lipinski definition) is 1.